The summed E-state index contributed by atoms with van der Waals surface area (Å²) in [6.07, 6.45) is 36.2. The van der Waals surface area contributed by atoms with Crippen molar-refractivity contribution >= 4 is 5.78 Å². The zero-order valence-corrected chi connectivity index (χ0v) is 28.9. The molecule has 0 bridgehead atoms. The zero-order chi connectivity index (χ0) is 32.4. The molecule has 1 aliphatic rings. The second-order valence-electron chi connectivity index (χ2n) is 12.7. The average Bonchev–Trinajstić information content (AvgIpc) is 2.96. The summed E-state index contributed by atoms with van der Waals surface area (Å²) in [6, 6.07) is 0. The van der Waals surface area contributed by atoms with Crippen molar-refractivity contribution in [2.45, 2.75) is 94.1 Å². The SMILES string of the molecule is COC(C)(C)CCC(=O)C(C)=CC=CC(C)=CC=CC(C)=CC=CC=C(C)C=CC=C(C)C=CC1=CCC(C)C(C)C1C. The summed E-state index contributed by atoms with van der Waals surface area (Å²) in [6.45, 7) is 21.4. The van der Waals surface area contributed by atoms with Gasteiger partial charge in [0.15, 0.2) is 5.78 Å². The summed E-state index contributed by atoms with van der Waals surface area (Å²) in [4.78, 5) is 12.3. The highest BCUT2D eigenvalue weighted by atomic mass is 16.5. The number of rotatable bonds is 15. The van der Waals surface area contributed by atoms with E-state index in [0.29, 0.717) is 18.8 Å². The van der Waals surface area contributed by atoms with E-state index < -0.39 is 0 Å². The molecule has 1 aliphatic carbocycles. The highest BCUT2D eigenvalue weighted by Crippen LogP contribution is 2.34. The number of ketones is 1. The van der Waals surface area contributed by atoms with E-state index in [9.17, 15) is 4.79 Å². The number of Topliss-reactive ketones (excluding diaryl/α,β-unsaturated/α-hetero) is 1. The molecule has 3 atom stereocenters. The fourth-order valence-electron chi connectivity index (χ4n) is 4.46. The minimum absolute atomic E-state index is 0.160. The summed E-state index contributed by atoms with van der Waals surface area (Å²) in [5, 5.41) is 0. The predicted molar refractivity (Wildman–Crippen MR) is 190 cm³/mol. The number of ether oxygens (including phenoxy) is 1. The molecule has 43 heavy (non-hydrogen) atoms. The van der Waals surface area contributed by atoms with E-state index >= 15 is 0 Å². The lowest BCUT2D eigenvalue weighted by molar-refractivity contribution is -0.116. The van der Waals surface area contributed by atoms with Crippen molar-refractivity contribution in [1.82, 2.24) is 0 Å². The maximum absolute atomic E-state index is 12.3. The number of allylic oxidation sites excluding steroid dienone is 22. The van der Waals surface area contributed by atoms with Gasteiger partial charge in [0.05, 0.1) is 5.60 Å². The van der Waals surface area contributed by atoms with Crippen LogP contribution in [-0.4, -0.2) is 18.5 Å². The number of hydrogen-bond donors (Lipinski definition) is 0. The van der Waals surface area contributed by atoms with Crippen LogP contribution in [0.3, 0.4) is 0 Å². The molecule has 0 fully saturated rings. The van der Waals surface area contributed by atoms with Crippen molar-refractivity contribution < 1.29 is 9.53 Å². The normalized spacial score (nSPS) is 22.3. The summed E-state index contributed by atoms with van der Waals surface area (Å²) in [7, 11) is 1.68. The van der Waals surface area contributed by atoms with E-state index in [1.807, 2.05) is 45.1 Å². The maximum atomic E-state index is 12.3. The van der Waals surface area contributed by atoms with Crippen LogP contribution in [0.25, 0.3) is 0 Å². The first-order valence-electron chi connectivity index (χ1n) is 15.8. The van der Waals surface area contributed by atoms with Crippen molar-refractivity contribution in [3.8, 4) is 0 Å². The minimum atomic E-state index is -0.272. The van der Waals surface area contributed by atoms with Crippen LogP contribution < -0.4 is 0 Å². The lowest BCUT2D eigenvalue weighted by Gasteiger charge is -2.31. The Balaban J connectivity index is 2.57. The third-order valence-corrected chi connectivity index (χ3v) is 8.39. The lowest BCUT2D eigenvalue weighted by Crippen LogP contribution is -2.23. The smallest absolute Gasteiger partial charge is 0.158 e. The molecule has 0 heterocycles. The van der Waals surface area contributed by atoms with E-state index in [1.165, 1.54) is 28.7 Å². The maximum Gasteiger partial charge on any atom is 0.158 e. The molecule has 1 rings (SSSR count). The Morgan fingerprint density at radius 1 is 0.767 bits per heavy atom. The molecular weight excluding hydrogens is 524 g/mol. The Morgan fingerprint density at radius 2 is 1.23 bits per heavy atom. The molecule has 0 aliphatic heterocycles. The minimum Gasteiger partial charge on any atom is -0.379 e. The van der Waals surface area contributed by atoms with Crippen molar-refractivity contribution in [3.05, 3.63) is 131 Å². The van der Waals surface area contributed by atoms with Crippen LogP contribution in [0.15, 0.2) is 131 Å². The lowest BCUT2D eigenvalue weighted by atomic mass is 9.74. The number of hydrogen-bond acceptors (Lipinski definition) is 2. The fourth-order valence-corrected chi connectivity index (χ4v) is 4.46. The van der Waals surface area contributed by atoms with Gasteiger partial charge < -0.3 is 4.74 Å². The van der Waals surface area contributed by atoms with Crippen LogP contribution in [0, 0.1) is 17.8 Å². The number of carbonyl (C=O) groups is 1. The van der Waals surface area contributed by atoms with E-state index in [2.05, 4.69) is 121 Å². The largest absolute Gasteiger partial charge is 0.379 e. The Morgan fingerprint density at radius 3 is 1.74 bits per heavy atom. The Hall–Kier alpha value is -3.23. The third kappa shape index (κ3) is 16.3. The van der Waals surface area contributed by atoms with Crippen LogP contribution in [0.1, 0.15) is 88.5 Å². The quantitative estimate of drug-likeness (QED) is 0.142. The summed E-state index contributed by atoms with van der Waals surface area (Å²) < 4.78 is 5.40. The molecule has 0 N–H and O–H groups in total. The van der Waals surface area contributed by atoms with Gasteiger partial charge in [0.1, 0.15) is 0 Å². The van der Waals surface area contributed by atoms with Gasteiger partial charge in [-0.05, 0) is 90.2 Å². The zero-order valence-electron chi connectivity index (χ0n) is 28.9. The summed E-state index contributed by atoms with van der Waals surface area (Å²) >= 11 is 0. The molecule has 0 spiro atoms. The van der Waals surface area contributed by atoms with Gasteiger partial charge in [0, 0.05) is 13.5 Å². The van der Waals surface area contributed by atoms with Gasteiger partial charge in [-0.1, -0.05) is 140 Å². The first kappa shape index (κ1) is 37.8. The summed E-state index contributed by atoms with van der Waals surface area (Å²) in [5.41, 5.74) is 6.70. The van der Waals surface area contributed by atoms with Gasteiger partial charge in [-0.15, -0.1) is 0 Å². The molecule has 0 saturated heterocycles. The van der Waals surface area contributed by atoms with Crippen LogP contribution in [0.4, 0.5) is 0 Å². The van der Waals surface area contributed by atoms with E-state index in [0.717, 1.165) is 23.0 Å². The van der Waals surface area contributed by atoms with Crippen LogP contribution in [-0.2, 0) is 9.53 Å². The molecule has 0 aromatic heterocycles. The molecule has 2 nitrogen and oxygen atoms in total. The van der Waals surface area contributed by atoms with E-state index in [4.69, 9.17) is 4.74 Å². The van der Waals surface area contributed by atoms with E-state index in [-0.39, 0.29) is 11.4 Å². The Bertz CT molecular complexity index is 1240. The topological polar surface area (TPSA) is 26.3 Å². The predicted octanol–water partition coefficient (Wildman–Crippen LogP) is 11.5. The fraction of sp³-hybridized carbons (Fsp3) is 0.439. The van der Waals surface area contributed by atoms with Gasteiger partial charge in [-0.2, -0.15) is 0 Å². The highest BCUT2D eigenvalue weighted by molar-refractivity contribution is 5.95. The van der Waals surface area contributed by atoms with Crippen LogP contribution >= 0.6 is 0 Å². The third-order valence-electron chi connectivity index (χ3n) is 8.39. The van der Waals surface area contributed by atoms with Gasteiger partial charge >= 0.3 is 0 Å². The van der Waals surface area contributed by atoms with Crippen molar-refractivity contribution in [3.63, 3.8) is 0 Å². The molecule has 234 valence electrons. The van der Waals surface area contributed by atoms with Crippen LogP contribution in [0.2, 0.25) is 0 Å². The average molecular weight is 583 g/mol. The van der Waals surface area contributed by atoms with Crippen molar-refractivity contribution in [1.29, 1.82) is 0 Å². The molecule has 0 aromatic rings. The summed E-state index contributed by atoms with van der Waals surface area (Å²) in [5.74, 6) is 2.29. The molecule has 0 radical (unpaired) electrons. The molecule has 0 aromatic carbocycles. The highest BCUT2D eigenvalue weighted by Gasteiger charge is 2.24. The second-order valence-corrected chi connectivity index (χ2v) is 12.7. The van der Waals surface area contributed by atoms with Crippen molar-refractivity contribution in [2.75, 3.05) is 7.11 Å². The monoisotopic (exact) mass is 582 g/mol. The molecular formula is C41H58O2. The van der Waals surface area contributed by atoms with Gasteiger partial charge in [-0.25, -0.2) is 0 Å². The van der Waals surface area contributed by atoms with Crippen LogP contribution in [0.5, 0.6) is 0 Å². The Labute approximate surface area is 264 Å². The van der Waals surface area contributed by atoms with E-state index in [1.54, 1.807) is 7.11 Å². The Kier molecular flexibility index (Phi) is 17.5. The van der Waals surface area contributed by atoms with Gasteiger partial charge in [-0.3, -0.25) is 4.79 Å². The standard InChI is InChI=1S/C41H58O2/c1-31(19-14-21-33(3)23-16-24-36(6)40(42)29-30-41(9,10)43-11)17-12-13-18-32(2)20-15-22-34(4)25-27-39-28-26-35(5)37(7)38(39)8/h12-25,27-28,35,37-38H,26,29-30H2,1-11H3. The number of carbonyl (C=O) groups excluding carboxylic acids is 1. The molecule has 2 heteroatoms. The first-order chi connectivity index (χ1) is 20.3. The van der Waals surface area contributed by atoms with Gasteiger partial charge in [0.2, 0.25) is 0 Å². The first-order valence-corrected chi connectivity index (χ1v) is 15.8. The number of methoxy groups -OCH3 is 1. The molecule has 0 amide bonds. The van der Waals surface area contributed by atoms with Crippen molar-refractivity contribution in [2.24, 2.45) is 17.8 Å². The second kappa shape index (κ2) is 19.9. The van der Waals surface area contributed by atoms with Gasteiger partial charge in [0.25, 0.3) is 0 Å². The molecule has 3 unspecified atom stereocenters. The molecule has 0 saturated carbocycles.